The van der Waals surface area contributed by atoms with Crippen molar-refractivity contribution in [3.8, 4) is 5.75 Å². The Hall–Kier alpha value is -1.02. The molecule has 0 bridgehead atoms. The summed E-state index contributed by atoms with van der Waals surface area (Å²) in [4.78, 5) is 6.79. The van der Waals surface area contributed by atoms with Gasteiger partial charge in [0.2, 0.25) is 0 Å². The summed E-state index contributed by atoms with van der Waals surface area (Å²) < 4.78 is 5.91. The highest BCUT2D eigenvalue weighted by atomic mass is 127. The number of halogens is 1. The Kier molecular flexibility index (Phi) is 12.7. The van der Waals surface area contributed by atoms with Gasteiger partial charge in [-0.2, -0.15) is 0 Å². The van der Waals surface area contributed by atoms with Gasteiger partial charge in [0.25, 0.3) is 0 Å². The van der Waals surface area contributed by atoms with Crippen LogP contribution in [0.25, 0.3) is 0 Å². The van der Waals surface area contributed by atoms with E-state index in [1.54, 1.807) is 0 Å². The lowest BCUT2D eigenvalue weighted by Crippen LogP contribution is -2.39. The first kappa shape index (κ1) is 23.0. The second kappa shape index (κ2) is 13.3. The molecule has 6 heteroatoms. The number of guanidine groups is 1. The van der Waals surface area contributed by atoms with E-state index in [1.165, 1.54) is 5.56 Å². The van der Waals surface area contributed by atoms with E-state index in [0.29, 0.717) is 6.54 Å². The molecule has 2 N–H and O–H groups in total. The fourth-order valence-electron chi connectivity index (χ4n) is 2.12. The van der Waals surface area contributed by atoms with Crippen molar-refractivity contribution in [2.45, 2.75) is 33.3 Å². The highest BCUT2D eigenvalue weighted by molar-refractivity contribution is 14.0. The van der Waals surface area contributed by atoms with E-state index in [2.05, 4.69) is 54.5 Å². The maximum Gasteiger partial charge on any atom is 0.191 e. The van der Waals surface area contributed by atoms with E-state index in [4.69, 9.17) is 4.74 Å². The van der Waals surface area contributed by atoms with Crippen molar-refractivity contribution in [3.63, 3.8) is 0 Å². The number of rotatable bonds is 9. The molecule has 1 unspecified atom stereocenters. The highest BCUT2D eigenvalue weighted by Crippen LogP contribution is 2.14. The summed E-state index contributed by atoms with van der Waals surface area (Å²) in [5.41, 5.74) is 1.20. The third kappa shape index (κ3) is 10.7. The molecule has 0 saturated carbocycles. The van der Waals surface area contributed by atoms with Gasteiger partial charge in [0, 0.05) is 13.1 Å². The van der Waals surface area contributed by atoms with Crippen LogP contribution in [-0.4, -0.2) is 57.2 Å². The standard InChI is InChI=1S/C18H32N4O.HI/c1-6-19-18(20-11-8-12-22(4)5)21-14-16(3)23-17-10-7-9-15(2)13-17;/h7,9-10,13,16H,6,8,11-12,14H2,1-5H3,(H2,19,20,21);1H. The fraction of sp³-hybridized carbons (Fsp3) is 0.611. The number of aliphatic imine (C=N–C) groups is 1. The van der Waals surface area contributed by atoms with Crippen LogP contribution in [0.5, 0.6) is 5.75 Å². The molecule has 0 saturated heterocycles. The smallest absolute Gasteiger partial charge is 0.191 e. The lowest BCUT2D eigenvalue weighted by Gasteiger charge is -2.16. The Bertz CT molecular complexity index is 480. The number of aryl methyl sites for hydroxylation is 1. The van der Waals surface area contributed by atoms with Crippen molar-refractivity contribution < 1.29 is 4.74 Å². The van der Waals surface area contributed by atoms with Gasteiger partial charge in [-0.15, -0.1) is 24.0 Å². The Labute approximate surface area is 164 Å². The van der Waals surface area contributed by atoms with Gasteiger partial charge >= 0.3 is 0 Å². The Balaban J connectivity index is 0.00000529. The van der Waals surface area contributed by atoms with E-state index < -0.39 is 0 Å². The molecule has 1 aromatic carbocycles. The lowest BCUT2D eigenvalue weighted by molar-refractivity contribution is 0.230. The molecule has 1 rings (SSSR count). The first-order chi connectivity index (χ1) is 11.0. The molecule has 0 radical (unpaired) electrons. The van der Waals surface area contributed by atoms with Crippen molar-refractivity contribution in [1.82, 2.24) is 15.5 Å². The van der Waals surface area contributed by atoms with Crippen LogP contribution in [0.4, 0.5) is 0 Å². The van der Waals surface area contributed by atoms with Crippen molar-refractivity contribution >= 4 is 29.9 Å². The quantitative estimate of drug-likeness (QED) is 0.264. The van der Waals surface area contributed by atoms with Gasteiger partial charge in [-0.1, -0.05) is 12.1 Å². The van der Waals surface area contributed by atoms with Crippen LogP contribution in [-0.2, 0) is 0 Å². The lowest BCUT2D eigenvalue weighted by atomic mass is 10.2. The zero-order valence-corrected chi connectivity index (χ0v) is 18.0. The number of benzene rings is 1. The second-order valence-electron chi connectivity index (χ2n) is 6.05. The minimum atomic E-state index is 0. The maximum absolute atomic E-state index is 5.91. The number of ether oxygens (including phenoxy) is 1. The molecule has 0 spiro atoms. The average molecular weight is 448 g/mol. The molecule has 1 atom stereocenters. The van der Waals surface area contributed by atoms with Gasteiger partial charge in [-0.25, -0.2) is 4.99 Å². The molecular weight excluding hydrogens is 415 g/mol. The van der Waals surface area contributed by atoms with E-state index >= 15 is 0 Å². The monoisotopic (exact) mass is 448 g/mol. The van der Waals surface area contributed by atoms with Crippen LogP contribution in [0.3, 0.4) is 0 Å². The summed E-state index contributed by atoms with van der Waals surface area (Å²) in [5.74, 6) is 1.75. The van der Waals surface area contributed by atoms with E-state index in [9.17, 15) is 0 Å². The summed E-state index contributed by atoms with van der Waals surface area (Å²) in [6.07, 6.45) is 1.13. The zero-order chi connectivity index (χ0) is 17.1. The molecular formula is C18H33IN4O. The van der Waals surface area contributed by atoms with E-state index in [-0.39, 0.29) is 30.1 Å². The molecule has 0 aromatic heterocycles. The van der Waals surface area contributed by atoms with Crippen LogP contribution in [0, 0.1) is 6.92 Å². The predicted octanol–water partition coefficient (Wildman–Crippen LogP) is 2.89. The molecule has 138 valence electrons. The third-order valence-corrected chi connectivity index (χ3v) is 3.25. The van der Waals surface area contributed by atoms with Crippen molar-refractivity contribution in [2.24, 2.45) is 4.99 Å². The minimum absolute atomic E-state index is 0. The number of hydrogen-bond donors (Lipinski definition) is 2. The Morgan fingerprint density at radius 3 is 2.67 bits per heavy atom. The van der Waals surface area contributed by atoms with Crippen LogP contribution in [0.2, 0.25) is 0 Å². The Morgan fingerprint density at radius 1 is 1.29 bits per heavy atom. The summed E-state index contributed by atoms with van der Waals surface area (Å²) in [5, 5.41) is 6.63. The van der Waals surface area contributed by atoms with Crippen LogP contribution < -0.4 is 15.4 Å². The molecule has 24 heavy (non-hydrogen) atoms. The minimum Gasteiger partial charge on any atom is -0.489 e. The van der Waals surface area contributed by atoms with Gasteiger partial charge in [0.1, 0.15) is 11.9 Å². The van der Waals surface area contributed by atoms with Crippen LogP contribution in [0.15, 0.2) is 29.3 Å². The van der Waals surface area contributed by atoms with Crippen LogP contribution >= 0.6 is 24.0 Å². The summed E-state index contributed by atoms with van der Waals surface area (Å²) in [7, 11) is 4.17. The number of nitrogens with one attached hydrogen (secondary N) is 2. The van der Waals surface area contributed by atoms with E-state index in [1.807, 2.05) is 25.1 Å². The van der Waals surface area contributed by atoms with Crippen LogP contribution in [0.1, 0.15) is 25.8 Å². The summed E-state index contributed by atoms with van der Waals surface area (Å²) in [6, 6.07) is 8.11. The normalized spacial score (nSPS) is 12.5. The van der Waals surface area contributed by atoms with Crippen molar-refractivity contribution in [3.05, 3.63) is 29.8 Å². The van der Waals surface area contributed by atoms with Gasteiger partial charge in [0.15, 0.2) is 5.96 Å². The van der Waals surface area contributed by atoms with Crippen molar-refractivity contribution in [1.29, 1.82) is 0 Å². The molecule has 0 fully saturated rings. The molecule has 5 nitrogen and oxygen atoms in total. The fourth-order valence-corrected chi connectivity index (χ4v) is 2.12. The molecule has 0 aliphatic carbocycles. The average Bonchev–Trinajstić information content (AvgIpc) is 2.48. The SMILES string of the molecule is CCNC(=NCC(C)Oc1cccc(C)c1)NCCCN(C)C.I. The van der Waals surface area contributed by atoms with Crippen molar-refractivity contribution in [2.75, 3.05) is 40.3 Å². The number of nitrogens with zero attached hydrogens (tertiary/aromatic N) is 2. The Morgan fingerprint density at radius 2 is 2.04 bits per heavy atom. The van der Waals surface area contributed by atoms with Gasteiger partial charge in [0.05, 0.1) is 6.54 Å². The summed E-state index contributed by atoms with van der Waals surface area (Å²) in [6.45, 7) is 9.64. The zero-order valence-electron chi connectivity index (χ0n) is 15.6. The molecule has 0 heterocycles. The maximum atomic E-state index is 5.91. The molecule has 0 amide bonds. The largest absolute Gasteiger partial charge is 0.489 e. The third-order valence-electron chi connectivity index (χ3n) is 3.25. The first-order valence-electron chi connectivity index (χ1n) is 8.41. The summed E-state index contributed by atoms with van der Waals surface area (Å²) >= 11 is 0. The molecule has 1 aromatic rings. The van der Waals surface area contributed by atoms with E-state index in [0.717, 1.165) is 37.8 Å². The predicted molar refractivity (Wildman–Crippen MR) is 114 cm³/mol. The first-order valence-corrected chi connectivity index (χ1v) is 8.41. The molecule has 0 aliphatic rings. The van der Waals surface area contributed by atoms with Gasteiger partial charge < -0.3 is 20.3 Å². The molecule has 0 aliphatic heterocycles. The van der Waals surface area contributed by atoms with Gasteiger partial charge in [-0.3, -0.25) is 0 Å². The second-order valence-corrected chi connectivity index (χ2v) is 6.05. The number of hydrogen-bond acceptors (Lipinski definition) is 3. The topological polar surface area (TPSA) is 48.9 Å². The van der Waals surface area contributed by atoms with Gasteiger partial charge in [-0.05, 0) is 65.5 Å². The highest BCUT2D eigenvalue weighted by Gasteiger charge is 2.05.